The Morgan fingerprint density at radius 2 is 1.88 bits per heavy atom. The molecule has 1 aromatic heterocycles. The Morgan fingerprint density at radius 3 is 2.35 bits per heavy atom. The molecule has 0 unspecified atom stereocenters. The molecule has 1 heterocycles. The molecule has 1 rings (SSSR count). The van der Waals surface area contributed by atoms with Crippen LogP contribution < -0.4 is 10.6 Å². The minimum Gasteiger partial charge on any atom is -0.384 e. The van der Waals surface area contributed by atoms with Crippen molar-refractivity contribution in [3.8, 4) is 12.1 Å². The van der Waals surface area contributed by atoms with Gasteiger partial charge in [-0.05, 0) is 0 Å². The van der Waals surface area contributed by atoms with Crippen LogP contribution in [-0.4, -0.2) is 23.1 Å². The number of anilines is 2. The maximum atomic E-state index is 8.70. The lowest BCUT2D eigenvalue weighted by Crippen LogP contribution is -2.25. The Labute approximate surface area is 100 Å². The maximum absolute atomic E-state index is 8.70. The Bertz CT molecular complexity index is 452. The predicted molar refractivity (Wildman–Crippen MR) is 64.0 cm³/mol. The van der Waals surface area contributed by atoms with Gasteiger partial charge in [0.15, 0.2) is 0 Å². The van der Waals surface area contributed by atoms with Crippen LogP contribution in [0.15, 0.2) is 6.07 Å². The van der Waals surface area contributed by atoms with E-state index < -0.39 is 0 Å². The van der Waals surface area contributed by atoms with Crippen molar-refractivity contribution in [1.29, 1.82) is 10.5 Å². The average molecular weight is 230 g/mol. The zero-order chi connectivity index (χ0) is 12.8. The van der Waals surface area contributed by atoms with Crippen molar-refractivity contribution in [2.75, 3.05) is 23.7 Å². The van der Waals surface area contributed by atoms with Crippen LogP contribution in [0.5, 0.6) is 0 Å². The lowest BCUT2D eigenvalue weighted by molar-refractivity contribution is 0.767. The summed E-state index contributed by atoms with van der Waals surface area (Å²) in [6.45, 7) is 4.11. The van der Waals surface area contributed by atoms with E-state index in [4.69, 9.17) is 16.3 Å². The van der Waals surface area contributed by atoms with E-state index in [0.29, 0.717) is 17.5 Å². The van der Waals surface area contributed by atoms with Gasteiger partial charge in [0, 0.05) is 12.0 Å². The van der Waals surface area contributed by atoms with Crippen molar-refractivity contribution >= 4 is 11.6 Å². The highest BCUT2D eigenvalue weighted by Gasteiger charge is 2.12. The number of hydrogen-bond acceptors (Lipinski definition) is 6. The molecule has 17 heavy (non-hydrogen) atoms. The van der Waals surface area contributed by atoms with E-state index in [2.05, 4.69) is 9.97 Å². The summed E-state index contributed by atoms with van der Waals surface area (Å²) in [5.74, 6) is 1.62. The number of hydrogen-bond donors (Lipinski definition) is 1. The number of nitrogen functional groups attached to an aromatic ring is 1. The molecule has 0 radical (unpaired) electrons. The minimum atomic E-state index is 0.0988. The van der Waals surface area contributed by atoms with Gasteiger partial charge in [-0.3, -0.25) is 0 Å². The lowest BCUT2D eigenvalue weighted by atomic mass is 10.2. The summed E-state index contributed by atoms with van der Waals surface area (Å²) in [4.78, 5) is 9.97. The second-order valence-corrected chi connectivity index (χ2v) is 3.84. The zero-order valence-corrected chi connectivity index (χ0v) is 9.88. The molecule has 6 nitrogen and oxygen atoms in total. The van der Waals surface area contributed by atoms with Crippen LogP contribution in [-0.2, 0) is 0 Å². The predicted octanol–water partition coefficient (Wildman–Crippen LogP) is 1.04. The normalized spacial score (nSPS) is 9.71. The van der Waals surface area contributed by atoms with Crippen molar-refractivity contribution in [3.05, 3.63) is 11.9 Å². The molecule has 0 atom stereocenters. The van der Waals surface area contributed by atoms with Gasteiger partial charge in [0.05, 0.1) is 12.1 Å². The first-order valence-electron chi connectivity index (χ1n) is 5.21. The largest absolute Gasteiger partial charge is 0.384 e. The van der Waals surface area contributed by atoms with Crippen molar-refractivity contribution in [3.63, 3.8) is 0 Å². The van der Waals surface area contributed by atoms with Crippen LogP contribution in [0.3, 0.4) is 0 Å². The topological polar surface area (TPSA) is 103 Å². The van der Waals surface area contributed by atoms with Crippen molar-refractivity contribution in [2.24, 2.45) is 0 Å². The Balaban J connectivity index is 3.11. The summed E-state index contributed by atoms with van der Waals surface area (Å²) in [7, 11) is 0. The third-order valence-corrected chi connectivity index (χ3v) is 2.11. The molecule has 0 spiro atoms. The van der Waals surface area contributed by atoms with E-state index in [1.807, 2.05) is 26.0 Å². The molecule has 6 heteroatoms. The van der Waals surface area contributed by atoms with E-state index in [1.165, 1.54) is 0 Å². The SMILES string of the molecule is CC(C)c1nc(N)cc(N(CC#N)CC#N)n1. The summed E-state index contributed by atoms with van der Waals surface area (Å²) in [5, 5.41) is 17.4. The molecular formula is C11H14N6. The third-order valence-electron chi connectivity index (χ3n) is 2.11. The molecule has 0 aliphatic heterocycles. The van der Waals surface area contributed by atoms with E-state index >= 15 is 0 Å². The Kier molecular flexibility index (Phi) is 4.24. The molecule has 0 amide bonds. The standard InChI is InChI=1S/C11H14N6/c1-8(2)11-15-9(14)7-10(16-11)17(5-3-12)6-4-13/h7-8H,5-6H2,1-2H3,(H2,14,15,16). The molecular weight excluding hydrogens is 216 g/mol. The Hall–Kier alpha value is -2.34. The van der Waals surface area contributed by atoms with Gasteiger partial charge < -0.3 is 10.6 Å². The van der Waals surface area contributed by atoms with E-state index in [1.54, 1.807) is 11.0 Å². The molecule has 0 fully saturated rings. The fourth-order valence-electron chi connectivity index (χ4n) is 1.28. The summed E-state index contributed by atoms with van der Waals surface area (Å²) < 4.78 is 0. The number of nitrogens with two attached hydrogens (primary N) is 1. The van der Waals surface area contributed by atoms with Crippen LogP contribution >= 0.6 is 0 Å². The first kappa shape index (κ1) is 12.7. The minimum absolute atomic E-state index is 0.0988. The smallest absolute Gasteiger partial charge is 0.136 e. The third kappa shape index (κ3) is 3.32. The highest BCUT2D eigenvalue weighted by molar-refractivity contribution is 5.48. The molecule has 0 aromatic carbocycles. The van der Waals surface area contributed by atoms with Gasteiger partial charge in [-0.1, -0.05) is 13.8 Å². The van der Waals surface area contributed by atoms with Gasteiger partial charge >= 0.3 is 0 Å². The Morgan fingerprint density at radius 1 is 1.29 bits per heavy atom. The summed E-state index contributed by atoms with van der Waals surface area (Å²) in [5.41, 5.74) is 5.68. The second-order valence-electron chi connectivity index (χ2n) is 3.84. The van der Waals surface area contributed by atoms with E-state index in [0.717, 1.165) is 0 Å². The van der Waals surface area contributed by atoms with Crippen molar-refractivity contribution in [2.45, 2.75) is 19.8 Å². The van der Waals surface area contributed by atoms with Crippen molar-refractivity contribution in [1.82, 2.24) is 9.97 Å². The molecule has 0 bridgehead atoms. The number of nitrogens with zero attached hydrogens (tertiary/aromatic N) is 5. The molecule has 2 N–H and O–H groups in total. The second kappa shape index (κ2) is 5.66. The van der Waals surface area contributed by atoms with Crippen LogP contribution in [0.25, 0.3) is 0 Å². The quantitative estimate of drug-likeness (QED) is 0.775. The molecule has 0 aliphatic rings. The van der Waals surface area contributed by atoms with Crippen molar-refractivity contribution < 1.29 is 0 Å². The van der Waals surface area contributed by atoms with Gasteiger partial charge in [0.2, 0.25) is 0 Å². The number of nitriles is 2. The van der Waals surface area contributed by atoms with Crippen LogP contribution in [0.2, 0.25) is 0 Å². The van der Waals surface area contributed by atoms with E-state index in [-0.39, 0.29) is 19.0 Å². The maximum Gasteiger partial charge on any atom is 0.136 e. The van der Waals surface area contributed by atoms with E-state index in [9.17, 15) is 0 Å². The fraction of sp³-hybridized carbons (Fsp3) is 0.455. The molecule has 1 aromatic rings. The molecule has 88 valence electrons. The molecule has 0 aliphatic carbocycles. The van der Waals surface area contributed by atoms with Crippen LogP contribution in [0.1, 0.15) is 25.6 Å². The monoisotopic (exact) mass is 230 g/mol. The zero-order valence-electron chi connectivity index (χ0n) is 9.88. The van der Waals surface area contributed by atoms with Crippen LogP contribution in [0, 0.1) is 22.7 Å². The lowest BCUT2D eigenvalue weighted by Gasteiger charge is -2.18. The van der Waals surface area contributed by atoms with Gasteiger partial charge in [-0.15, -0.1) is 0 Å². The molecule has 0 saturated heterocycles. The summed E-state index contributed by atoms with van der Waals surface area (Å²) in [6.07, 6.45) is 0. The average Bonchev–Trinajstić information content (AvgIpc) is 2.28. The van der Waals surface area contributed by atoms with Gasteiger partial charge in [0.25, 0.3) is 0 Å². The van der Waals surface area contributed by atoms with Gasteiger partial charge in [-0.2, -0.15) is 10.5 Å². The molecule has 0 saturated carbocycles. The first-order valence-corrected chi connectivity index (χ1v) is 5.21. The number of aromatic nitrogens is 2. The number of rotatable bonds is 4. The summed E-state index contributed by atoms with van der Waals surface area (Å²) in [6, 6.07) is 5.56. The van der Waals surface area contributed by atoms with Gasteiger partial charge in [-0.25, -0.2) is 9.97 Å². The van der Waals surface area contributed by atoms with Gasteiger partial charge in [0.1, 0.15) is 30.5 Å². The fourth-order valence-corrected chi connectivity index (χ4v) is 1.28. The first-order chi connectivity index (χ1) is 8.08. The highest BCUT2D eigenvalue weighted by Crippen LogP contribution is 2.17. The van der Waals surface area contributed by atoms with Crippen LogP contribution in [0.4, 0.5) is 11.6 Å². The highest BCUT2D eigenvalue weighted by atomic mass is 15.2. The summed E-state index contributed by atoms with van der Waals surface area (Å²) >= 11 is 0.